The second kappa shape index (κ2) is 7.96. The van der Waals surface area contributed by atoms with Gasteiger partial charge in [-0.05, 0) is 6.92 Å². The molecular weight excluding hydrogens is 266 g/mol. The first kappa shape index (κ1) is 15.7. The number of carbonyl (C=O) groups excluding carboxylic acids is 2. The normalized spacial score (nSPS) is 21.1. The summed E-state index contributed by atoms with van der Waals surface area (Å²) in [6.07, 6.45) is 3.45. The van der Waals surface area contributed by atoms with Gasteiger partial charge in [0.1, 0.15) is 0 Å². The van der Waals surface area contributed by atoms with Crippen molar-refractivity contribution in [1.82, 2.24) is 4.90 Å². The highest BCUT2D eigenvalue weighted by Crippen LogP contribution is 2.41. The lowest BCUT2D eigenvalue weighted by Crippen LogP contribution is -2.48. The molecule has 0 aliphatic carbocycles. The van der Waals surface area contributed by atoms with Crippen molar-refractivity contribution in [2.75, 3.05) is 18.9 Å². The van der Waals surface area contributed by atoms with Crippen LogP contribution in [0.1, 0.15) is 19.8 Å². The Morgan fingerprint density at radius 1 is 1.58 bits per heavy atom. The van der Waals surface area contributed by atoms with Crippen LogP contribution in [0.4, 0.5) is 0 Å². The van der Waals surface area contributed by atoms with Crippen molar-refractivity contribution < 1.29 is 14.7 Å². The van der Waals surface area contributed by atoms with Crippen LogP contribution in [-0.2, 0) is 9.59 Å². The van der Waals surface area contributed by atoms with Crippen molar-refractivity contribution in [2.24, 2.45) is 10.7 Å². The molecule has 1 unspecified atom stereocenters. The molecule has 0 aromatic rings. The zero-order valence-corrected chi connectivity index (χ0v) is 11.7. The van der Waals surface area contributed by atoms with Crippen molar-refractivity contribution in [1.29, 1.82) is 0 Å². The summed E-state index contributed by atoms with van der Waals surface area (Å²) in [6, 6.07) is 0.230. The second-order valence-electron chi connectivity index (χ2n) is 3.97. The van der Waals surface area contributed by atoms with Crippen molar-refractivity contribution >= 4 is 30.3 Å². The lowest BCUT2D eigenvalue weighted by atomic mass is 10.0. The van der Waals surface area contributed by atoms with Crippen LogP contribution in [0.25, 0.3) is 0 Å². The summed E-state index contributed by atoms with van der Waals surface area (Å²) < 4.78 is 0. The highest BCUT2D eigenvalue weighted by atomic mass is 32.2. The number of aliphatic hydroxyl groups is 1. The molecule has 1 atom stereocenters. The van der Waals surface area contributed by atoms with Crippen LogP contribution in [0.5, 0.6) is 0 Å². The third-order valence-corrected chi connectivity index (χ3v) is 3.84. The lowest BCUT2D eigenvalue weighted by molar-refractivity contribution is -0.142. The van der Waals surface area contributed by atoms with Gasteiger partial charge in [-0.25, -0.2) is 0 Å². The third-order valence-electron chi connectivity index (χ3n) is 2.72. The molecule has 1 amide bonds. The van der Waals surface area contributed by atoms with Crippen LogP contribution in [-0.4, -0.2) is 53.5 Å². The first-order valence-corrected chi connectivity index (χ1v) is 7.12. The minimum atomic E-state index is 0.0580. The molecule has 0 aromatic carbocycles. The van der Waals surface area contributed by atoms with E-state index in [0.29, 0.717) is 18.7 Å². The minimum absolute atomic E-state index is 0.0580. The molecule has 6 nitrogen and oxygen atoms in total. The number of hydrogen-bond donors (Lipinski definition) is 2. The van der Waals surface area contributed by atoms with Gasteiger partial charge in [0.05, 0.1) is 24.6 Å². The molecule has 7 heteroatoms. The summed E-state index contributed by atoms with van der Waals surface area (Å²) in [4.78, 5) is 28.7. The Kier molecular flexibility index (Phi) is 6.58. The molecule has 106 valence electrons. The van der Waals surface area contributed by atoms with Gasteiger partial charge < -0.3 is 15.7 Å². The maximum Gasteiger partial charge on any atom is 0.229 e. The van der Waals surface area contributed by atoms with Gasteiger partial charge in [0.2, 0.25) is 5.91 Å². The fraction of sp³-hybridized carbons (Fsp3) is 0.583. The Labute approximate surface area is 116 Å². The molecule has 2 aliphatic rings. The summed E-state index contributed by atoms with van der Waals surface area (Å²) in [5, 5.41) is 7.57. The standard InChI is InChI=1S/C10H13N3O2S.C2H6O/c11-6-12-1-2-16-9-3-7-4-10(15)13(7)8(9)5-14;1-2-3/h5-7H,1-4H2,(H2,11,12);3H,2H2,1H3. The molecule has 0 saturated carbocycles. The number of hydrogen-bond acceptors (Lipinski definition) is 5. The minimum Gasteiger partial charge on any atom is -0.397 e. The van der Waals surface area contributed by atoms with E-state index < -0.39 is 0 Å². The molecular formula is C12H19N3O3S. The monoisotopic (exact) mass is 285 g/mol. The number of aliphatic imine (C=N–C) groups is 1. The van der Waals surface area contributed by atoms with Gasteiger partial charge in [0.25, 0.3) is 0 Å². The van der Waals surface area contributed by atoms with E-state index in [1.54, 1.807) is 23.6 Å². The number of β-lactam (4-membered cyclic amide) rings is 1. The molecule has 2 aliphatic heterocycles. The molecule has 19 heavy (non-hydrogen) atoms. The maximum absolute atomic E-state index is 11.3. The fourth-order valence-corrected chi connectivity index (χ4v) is 3.03. The molecule has 0 radical (unpaired) electrons. The summed E-state index contributed by atoms with van der Waals surface area (Å²) >= 11 is 1.59. The van der Waals surface area contributed by atoms with Crippen LogP contribution in [0.3, 0.4) is 0 Å². The third kappa shape index (κ3) is 3.81. The van der Waals surface area contributed by atoms with Crippen LogP contribution in [0.15, 0.2) is 15.6 Å². The fourth-order valence-electron chi connectivity index (χ4n) is 1.98. The number of allylic oxidation sites excluding steroid dienone is 1. The predicted molar refractivity (Wildman–Crippen MR) is 75.7 cm³/mol. The van der Waals surface area contributed by atoms with Crippen LogP contribution in [0, 0.1) is 0 Å². The lowest BCUT2D eigenvalue weighted by Gasteiger charge is -2.34. The molecule has 1 fully saturated rings. The van der Waals surface area contributed by atoms with E-state index in [0.717, 1.165) is 23.4 Å². The average Bonchev–Trinajstić information content (AvgIpc) is 2.67. The number of nitrogens with two attached hydrogens (primary N) is 1. The van der Waals surface area contributed by atoms with Crippen LogP contribution in [0.2, 0.25) is 0 Å². The largest absolute Gasteiger partial charge is 0.397 e. The topological polar surface area (TPSA) is 96.0 Å². The summed E-state index contributed by atoms with van der Waals surface area (Å²) in [7, 11) is 0. The van der Waals surface area contributed by atoms with E-state index in [9.17, 15) is 9.59 Å². The van der Waals surface area contributed by atoms with Gasteiger partial charge in [-0.1, -0.05) is 0 Å². The first-order chi connectivity index (χ1) is 9.19. The second-order valence-corrected chi connectivity index (χ2v) is 5.16. The van der Waals surface area contributed by atoms with E-state index in [4.69, 9.17) is 10.8 Å². The van der Waals surface area contributed by atoms with Gasteiger partial charge in [-0.15, -0.1) is 11.8 Å². The number of aliphatic hydroxyl groups excluding tert-OH is 1. The zero-order chi connectivity index (χ0) is 14.3. The van der Waals surface area contributed by atoms with Crippen LogP contribution >= 0.6 is 11.8 Å². The maximum atomic E-state index is 11.3. The Morgan fingerprint density at radius 3 is 2.79 bits per heavy atom. The van der Waals surface area contributed by atoms with Gasteiger partial charge in [0.15, 0.2) is 6.29 Å². The number of amides is 1. The van der Waals surface area contributed by atoms with Gasteiger partial charge in [-0.2, -0.15) is 0 Å². The number of aldehydes is 1. The molecule has 2 rings (SSSR count). The molecule has 0 aromatic heterocycles. The van der Waals surface area contributed by atoms with Gasteiger partial charge in [0, 0.05) is 30.1 Å². The Bertz CT molecular complexity index is 396. The van der Waals surface area contributed by atoms with E-state index in [-0.39, 0.29) is 18.6 Å². The number of nitrogens with zero attached hydrogens (tertiary/aromatic N) is 2. The van der Waals surface area contributed by atoms with Crippen molar-refractivity contribution in [3.8, 4) is 0 Å². The first-order valence-electron chi connectivity index (χ1n) is 6.13. The van der Waals surface area contributed by atoms with Crippen molar-refractivity contribution in [3.05, 3.63) is 10.6 Å². The molecule has 0 bridgehead atoms. The Hall–Kier alpha value is -1.34. The zero-order valence-electron chi connectivity index (χ0n) is 10.9. The SMILES string of the molecule is CCO.NC=NCCSC1=C(C=O)N2C(=O)CC2C1. The molecule has 3 N–H and O–H groups in total. The van der Waals surface area contributed by atoms with E-state index in [1.165, 1.54) is 6.34 Å². The predicted octanol–water partition coefficient (Wildman–Crippen LogP) is 0.120. The summed E-state index contributed by atoms with van der Waals surface area (Å²) in [5.41, 5.74) is 5.68. The Morgan fingerprint density at radius 2 is 2.26 bits per heavy atom. The van der Waals surface area contributed by atoms with Crippen molar-refractivity contribution in [3.63, 3.8) is 0 Å². The molecule has 2 heterocycles. The van der Waals surface area contributed by atoms with Crippen molar-refractivity contribution in [2.45, 2.75) is 25.8 Å². The highest BCUT2D eigenvalue weighted by molar-refractivity contribution is 8.03. The molecule has 0 spiro atoms. The smallest absolute Gasteiger partial charge is 0.229 e. The molecule has 1 saturated heterocycles. The number of thioether (sulfide) groups is 1. The Balaban J connectivity index is 0.000000550. The number of rotatable bonds is 5. The van der Waals surface area contributed by atoms with Gasteiger partial charge >= 0.3 is 0 Å². The average molecular weight is 285 g/mol. The number of fused-ring (bicyclic) bond motifs is 1. The van der Waals surface area contributed by atoms with E-state index in [1.807, 2.05) is 0 Å². The quantitative estimate of drug-likeness (QED) is 0.246. The van der Waals surface area contributed by atoms with Crippen LogP contribution < -0.4 is 5.73 Å². The highest BCUT2D eigenvalue weighted by Gasteiger charge is 2.44. The van der Waals surface area contributed by atoms with E-state index >= 15 is 0 Å². The van der Waals surface area contributed by atoms with Gasteiger partial charge in [-0.3, -0.25) is 14.6 Å². The number of carbonyl (C=O) groups is 2. The summed E-state index contributed by atoms with van der Waals surface area (Å²) in [5.74, 6) is 0.845. The van der Waals surface area contributed by atoms with E-state index in [2.05, 4.69) is 4.99 Å². The summed E-state index contributed by atoms with van der Waals surface area (Å²) in [6.45, 7) is 2.56.